The van der Waals surface area contributed by atoms with Gasteiger partial charge in [0, 0.05) is 14.1 Å². The van der Waals surface area contributed by atoms with Crippen LogP contribution in [0.25, 0.3) is 5.69 Å². The molecule has 1 fully saturated rings. The Balaban J connectivity index is 1.62. The van der Waals surface area contributed by atoms with E-state index in [2.05, 4.69) is 20.8 Å². The molecule has 1 aromatic heterocycles. The number of aromatic nitrogens is 4. The molecule has 4 amide bonds. The van der Waals surface area contributed by atoms with E-state index in [9.17, 15) is 14.4 Å². The fraction of sp³-hybridized carbons (Fsp3) is 0.333. The van der Waals surface area contributed by atoms with Gasteiger partial charge >= 0.3 is 6.03 Å². The Morgan fingerprint density at radius 1 is 1.20 bits per heavy atom. The lowest BCUT2D eigenvalue weighted by molar-refractivity contribution is -0.131. The summed E-state index contributed by atoms with van der Waals surface area (Å²) < 4.78 is 1.52. The normalized spacial score (nSPS) is 17.3. The van der Waals surface area contributed by atoms with Crippen molar-refractivity contribution < 1.29 is 14.4 Å². The summed E-state index contributed by atoms with van der Waals surface area (Å²) in [6, 6.07) is 8.06. The van der Waals surface area contributed by atoms with Crippen LogP contribution in [0.15, 0.2) is 30.3 Å². The molecule has 1 N–H and O–H groups in total. The molecule has 1 aliphatic rings. The number of likely N-dealkylation sites (N-methyl/N-ethyl adjacent to an activating group) is 2. The van der Waals surface area contributed by atoms with E-state index in [1.165, 1.54) is 23.7 Å². The van der Waals surface area contributed by atoms with Crippen molar-refractivity contribution in [1.29, 1.82) is 0 Å². The zero-order valence-corrected chi connectivity index (χ0v) is 13.8. The van der Waals surface area contributed by atoms with Crippen LogP contribution in [0, 0.1) is 0 Å². The SMILES string of the molecule is CN1C(=O)C(CC(=O)NCc2nnnn2-c2ccccc2)N(C)C1=O. The van der Waals surface area contributed by atoms with Gasteiger partial charge in [-0.05, 0) is 22.6 Å². The summed E-state index contributed by atoms with van der Waals surface area (Å²) >= 11 is 0. The lowest BCUT2D eigenvalue weighted by atomic mass is 10.2. The van der Waals surface area contributed by atoms with E-state index >= 15 is 0 Å². The second-order valence-corrected chi connectivity index (χ2v) is 5.63. The number of nitrogens with zero attached hydrogens (tertiary/aromatic N) is 6. The topological polar surface area (TPSA) is 113 Å². The van der Waals surface area contributed by atoms with Crippen molar-refractivity contribution in [3.05, 3.63) is 36.2 Å². The molecule has 1 aromatic carbocycles. The van der Waals surface area contributed by atoms with Gasteiger partial charge in [-0.3, -0.25) is 14.5 Å². The van der Waals surface area contributed by atoms with Crippen LogP contribution in [0.2, 0.25) is 0 Å². The van der Waals surface area contributed by atoms with Crippen LogP contribution in [0.3, 0.4) is 0 Å². The Morgan fingerprint density at radius 2 is 1.92 bits per heavy atom. The largest absolute Gasteiger partial charge is 0.349 e. The number of carbonyl (C=O) groups excluding carboxylic acids is 3. The number of carbonyl (C=O) groups is 3. The molecule has 1 aliphatic heterocycles. The van der Waals surface area contributed by atoms with Crippen LogP contribution in [-0.2, 0) is 16.1 Å². The molecule has 2 aromatic rings. The zero-order valence-electron chi connectivity index (χ0n) is 13.8. The van der Waals surface area contributed by atoms with Gasteiger partial charge in [-0.15, -0.1) is 5.10 Å². The van der Waals surface area contributed by atoms with E-state index in [4.69, 9.17) is 0 Å². The maximum Gasteiger partial charge on any atom is 0.326 e. The second kappa shape index (κ2) is 6.67. The molecule has 1 unspecified atom stereocenters. The van der Waals surface area contributed by atoms with Gasteiger partial charge in [0.05, 0.1) is 18.7 Å². The molecule has 3 rings (SSSR count). The molecule has 130 valence electrons. The van der Waals surface area contributed by atoms with Gasteiger partial charge in [0.25, 0.3) is 5.91 Å². The molecule has 0 bridgehead atoms. The van der Waals surface area contributed by atoms with E-state index in [1.54, 1.807) is 0 Å². The fourth-order valence-corrected chi connectivity index (χ4v) is 2.59. The average Bonchev–Trinajstić information content (AvgIpc) is 3.17. The molecule has 10 nitrogen and oxygen atoms in total. The zero-order chi connectivity index (χ0) is 18.0. The summed E-state index contributed by atoms with van der Waals surface area (Å²) in [7, 11) is 2.89. The first-order valence-corrected chi connectivity index (χ1v) is 7.62. The third-order valence-electron chi connectivity index (χ3n) is 4.03. The molecule has 10 heteroatoms. The maximum absolute atomic E-state index is 12.1. The standard InChI is InChI=1S/C15H17N7O3/c1-20-11(14(24)21(2)15(20)25)8-13(23)16-9-12-17-18-19-22(12)10-6-4-3-5-7-10/h3-7,11H,8-9H2,1-2H3,(H,16,23). The third-order valence-corrected chi connectivity index (χ3v) is 4.03. The van der Waals surface area contributed by atoms with Gasteiger partial charge in [-0.1, -0.05) is 18.2 Å². The molecule has 0 radical (unpaired) electrons. The predicted molar refractivity (Wildman–Crippen MR) is 85.3 cm³/mol. The number of amides is 4. The van der Waals surface area contributed by atoms with Gasteiger partial charge in [0.1, 0.15) is 6.04 Å². The number of nitrogens with one attached hydrogen (secondary N) is 1. The lowest BCUT2D eigenvalue weighted by Gasteiger charge is -2.15. The predicted octanol–water partition coefficient (Wildman–Crippen LogP) is -0.439. The first-order chi connectivity index (χ1) is 12.0. The van der Waals surface area contributed by atoms with Gasteiger partial charge in [0.15, 0.2) is 5.82 Å². The number of hydrogen-bond acceptors (Lipinski definition) is 6. The molecular formula is C15H17N7O3. The van der Waals surface area contributed by atoms with E-state index in [0.29, 0.717) is 5.82 Å². The summed E-state index contributed by atoms with van der Waals surface area (Å²) in [6.45, 7) is 0.106. The van der Waals surface area contributed by atoms with Crippen molar-refractivity contribution in [2.75, 3.05) is 14.1 Å². The minimum Gasteiger partial charge on any atom is -0.349 e. The first-order valence-electron chi connectivity index (χ1n) is 7.62. The Hall–Kier alpha value is -3.30. The van der Waals surface area contributed by atoms with Crippen LogP contribution in [0.4, 0.5) is 4.79 Å². The highest BCUT2D eigenvalue weighted by Crippen LogP contribution is 2.16. The maximum atomic E-state index is 12.1. The Kier molecular flexibility index (Phi) is 4.42. The molecular weight excluding hydrogens is 326 g/mol. The van der Waals surface area contributed by atoms with Gasteiger partial charge in [0.2, 0.25) is 5.91 Å². The monoisotopic (exact) mass is 343 g/mol. The van der Waals surface area contributed by atoms with Crippen molar-refractivity contribution in [2.24, 2.45) is 0 Å². The van der Waals surface area contributed by atoms with E-state index in [0.717, 1.165) is 10.6 Å². The highest BCUT2D eigenvalue weighted by atomic mass is 16.2. The summed E-state index contributed by atoms with van der Waals surface area (Å²) in [5.74, 6) is -0.300. The highest BCUT2D eigenvalue weighted by molar-refractivity contribution is 6.05. The smallest absolute Gasteiger partial charge is 0.326 e. The number of para-hydroxylation sites is 1. The molecule has 25 heavy (non-hydrogen) atoms. The summed E-state index contributed by atoms with van der Waals surface area (Å²) in [5, 5.41) is 14.1. The van der Waals surface area contributed by atoms with Crippen LogP contribution in [0.1, 0.15) is 12.2 Å². The van der Waals surface area contributed by atoms with Crippen molar-refractivity contribution in [3.63, 3.8) is 0 Å². The molecule has 0 spiro atoms. The lowest BCUT2D eigenvalue weighted by Crippen LogP contribution is -2.37. The van der Waals surface area contributed by atoms with Crippen LogP contribution in [0.5, 0.6) is 0 Å². The highest BCUT2D eigenvalue weighted by Gasteiger charge is 2.41. The Bertz CT molecular complexity index is 804. The Morgan fingerprint density at radius 3 is 2.56 bits per heavy atom. The van der Waals surface area contributed by atoms with Crippen molar-refractivity contribution in [2.45, 2.75) is 19.0 Å². The molecule has 0 aliphatic carbocycles. The summed E-state index contributed by atoms with van der Waals surface area (Å²) in [5.41, 5.74) is 0.773. The third kappa shape index (κ3) is 3.18. The number of tetrazole rings is 1. The number of urea groups is 1. The molecule has 2 heterocycles. The van der Waals surface area contributed by atoms with Crippen molar-refractivity contribution >= 4 is 17.8 Å². The average molecular weight is 343 g/mol. The fourth-order valence-electron chi connectivity index (χ4n) is 2.59. The number of benzene rings is 1. The molecule has 1 saturated heterocycles. The quantitative estimate of drug-likeness (QED) is 0.737. The number of rotatable bonds is 5. The molecule has 0 saturated carbocycles. The van der Waals surface area contributed by atoms with Gasteiger partial charge < -0.3 is 10.2 Å². The van der Waals surface area contributed by atoms with E-state index < -0.39 is 18.0 Å². The minimum atomic E-state index is -0.789. The minimum absolute atomic E-state index is 0.106. The van der Waals surface area contributed by atoms with Gasteiger partial charge in [-0.2, -0.15) is 4.68 Å². The second-order valence-electron chi connectivity index (χ2n) is 5.63. The van der Waals surface area contributed by atoms with E-state index in [-0.39, 0.29) is 18.9 Å². The number of imide groups is 1. The van der Waals surface area contributed by atoms with Crippen LogP contribution >= 0.6 is 0 Å². The van der Waals surface area contributed by atoms with Crippen molar-refractivity contribution in [1.82, 2.24) is 35.3 Å². The first kappa shape index (κ1) is 16.6. The van der Waals surface area contributed by atoms with Gasteiger partial charge in [-0.25, -0.2) is 4.79 Å². The summed E-state index contributed by atoms with van der Waals surface area (Å²) in [6.07, 6.45) is -0.113. The van der Waals surface area contributed by atoms with E-state index in [1.807, 2.05) is 30.3 Å². The molecule has 1 atom stereocenters. The number of hydrogen-bond donors (Lipinski definition) is 1. The van der Waals surface area contributed by atoms with Crippen LogP contribution < -0.4 is 5.32 Å². The summed E-state index contributed by atoms with van der Waals surface area (Å²) in [4.78, 5) is 38.1. The van der Waals surface area contributed by atoms with Crippen molar-refractivity contribution in [3.8, 4) is 5.69 Å². The Labute approximate surface area is 143 Å². The van der Waals surface area contributed by atoms with Crippen LogP contribution in [-0.4, -0.2) is 68.0 Å².